The number of ether oxygens (including phenoxy) is 5. The zero-order valence-corrected chi connectivity index (χ0v) is 14.1. The molecule has 0 spiro atoms. The normalized spacial score (nSPS) is 11.2. The van der Waals surface area contributed by atoms with E-state index in [1.54, 1.807) is 0 Å². The van der Waals surface area contributed by atoms with Gasteiger partial charge < -0.3 is 28.8 Å². The van der Waals surface area contributed by atoms with Gasteiger partial charge in [-0.2, -0.15) is 0 Å². The number of hydrogen-bond acceptors (Lipinski definition) is 6. The lowest BCUT2D eigenvalue weighted by molar-refractivity contribution is -0.00259. The summed E-state index contributed by atoms with van der Waals surface area (Å²) in [6.45, 7) is 8.87. The van der Waals surface area contributed by atoms with Crippen LogP contribution in [0.4, 0.5) is 0 Å². The fraction of sp³-hybridized carbons (Fsp3) is 1.00. The quantitative estimate of drug-likeness (QED) is 0.365. The van der Waals surface area contributed by atoms with E-state index >= 15 is 0 Å². The fourth-order valence-corrected chi connectivity index (χ4v) is 1.58. The second-order valence-electron chi connectivity index (χ2n) is 4.85. The lowest BCUT2D eigenvalue weighted by Crippen LogP contribution is -2.12. The smallest absolute Gasteiger partial charge is 0.0701 e. The van der Waals surface area contributed by atoms with E-state index in [2.05, 4.69) is 6.92 Å². The summed E-state index contributed by atoms with van der Waals surface area (Å²) in [6, 6.07) is 0. The van der Waals surface area contributed by atoms with E-state index < -0.39 is 0 Å². The maximum Gasteiger partial charge on any atom is 0.0701 e. The Hall–Kier alpha value is -0.240. The summed E-state index contributed by atoms with van der Waals surface area (Å²) < 4.78 is 26.8. The summed E-state index contributed by atoms with van der Waals surface area (Å²) in [5.41, 5.74) is 0. The van der Waals surface area contributed by atoms with Gasteiger partial charge in [0, 0.05) is 33.0 Å². The molecule has 0 aromatic rings. The number of aliphatic hydroxyl groups is 1. The molecule has 22 heavy (non-hydrogen) atoms. The van der Waals surface area contributed by atoms with Gasteiger partial charge in [0.05, 0.1) is 39.6 Å². The Kier molecular flexibility index (Phi) is 20.5. The van der Waals surface area contributed by atoms with Gasteiger partial charge in [-0.15, -0.1) is 0 Å². The van der Waals surface area contributed by atoms with Gasteiger partial charge in [0.1, 0.15) is 0 Å². The van der Waals surface area contributed by atoms with Crippen LogP contribution in [0.2, 0.25) is 0 Å². The molecular formula is C16H34O6. The molecule has 0 rings (SSSR count). The SMILES string of the molecule is CCCOCCOCCOCCOCCCCOCCCO. The van der Waals surface area contributed by atoms with E-state index in [0.29, 0.717) is 52.7 Å². The molecule has 0 atom stereocenters. The molecule has 0 bridgehead atoms. The van der Waals surface area contributed by atoms with Crippen molar-refractivity contribution in [2.24, 2.45) is 0 Å². The molecule has 0 saturated carbocycles. The van der Waals surface area contributed by atoms with Crippen molar-refractivity contribution >= 4 is 0 Å². The monoisotopic (exact) mass is 322 g/mol. The Morgan fingerprint density at radius 3 is 1.32 bits per heavy atom. The van der Waals surface area contributed by atoms with Crippen molar-refractivity contribution in [1.82, 2.24) is 0 Å². The number of unbranched alkanes of at least 4 members (excludes halogenated alkanes) is 1. The van der Waals surface area contributed by atoms with E-state index in [4.69, 9.17) is 28.8 Å². The van der Waals surface area contributed by atoms with Crippen molar-refractivity contribution in [2.45, 2.75) is 32.6 Å². The van der Waals surface area contributed by atoms with Crippen LogP contribution < -0.4 is 0 Å². The van der Waals surface area contributed by atoms with Gasteiger partial charge in [-0.3, -0.25) is 0 Å². The lowest BCUT2D eigenvalue weighted by Gasteiger charge is -2.07. The third-order valence-corrected chi connectivity index (χ3v) is 2.74. The maximum atomic E-state index is 8.58. The number of hydrogen-bond donors (Lipinski definition) is 1. The minimum atomic E-state index is 0.195. The Bertz CT molecular complexity index is 171. The molecule has 0 aliphatic carbocycles. The van der Waals surface area contributed by atoms with Crippen LogP contribution in [0.1, 0.15) is 32.6 Å². The van der Waals surface area contributed by atoms with E-state index in [1.807, 2.05) is 0 Å². The van der Waals surface area contributed by atoms with Crippen LogP contribution in [0.3, 0.4) is 0 Å². The largest absolute Gasteiger partial charge is 0.396 e. The van der Waals surface area contributed by atoms with Crippen LogP contribution in [-0.4, -0.2) is 77.8 Å². The van der Waals surface area contributed by atoms with E-state index in [0.717, 1.165) is 39.1 Å². The molecule has 0 radical (unpaired) electrons. The molecule has 6 nitrogen and oxygen atoms in total. The van der Waals surface area contributed by atoms with Crippen molar-refractivity contribution in [1.29, 1.82) is 0 Å². The predicted molar refractivity (Wildman–Crippen MR) is 85.3 cm³/mol. The van der Waals surface area contributed by atoms with Crippen molar-refractivity contribution < 1.29 is 28.8 Å². The Morgan fingerprint density at radius 2 is 0.864 bits per heavy atom. The lowest BCUT2D eigenvalue weighted by atomic mass is 10.3. The summed E-state index contributed by atoms with van der Waals surface area (Å²) in [4.78, 5) is 0. The minimum absolute atomic E-state index is 0.195. The first kappa shape index (κ1) is 21.8. The van der Waals surface area contributed by atoms with Crippen molar-refractivity contribution in [3.05, 3.63) is 0 Å². The average Bonchev–Trinajstić information content (AvgIpc) is 2.54. The fourth-order valence-electron chi connectivity index (χ4n) is 1.58. The molecule has 0 aromatic carbocycles. The highest BCUT2D eigenvalue weighted by atomic mass is 16.6. The average molecular weight is 322 g/mol. The van der Waals surface area contributed by atoms with Crippen LogP contribution in [0.25, 0.3) is 0 Å². The van der Waals surface area contributed by atoms with Gasteiger partial charge in [-0.25, -0.2) is 0 Å². The molecule has 0 heterocycles. The highest BCUT2D eigenvalue weighted by Gasteiger charge is 1.93. The number of aliphatic hydroxyl groups excluding tert-OH is 1. The summed E-state index contributed by atoms with van der Waals surface area (Å²) in [5.74, 6) is 0. The molecule has 1 N–H and O–H groups in total. The van der Waals surface area contributed by atoms with Crippen LogP contribution in [-0.2, 0) is 23.7 Å². The molecule has 134 valence electrons. The zero-order chi connectivity index (χ0) is 16.1. The van der Waals surface area contributed by atoms with Crippen LogP contribution in [0, 0.1) is 0 Å². The topological polar surface area (TPSA) is 66.4 Å². The standard InChI is InChI=1S/C16H34O6/c1-2-7-18-11-13-21-15-16-22-14-12-20-9-4-3-8-19-10-5-6-17/h17H,2-16H2,1H3. The molecule has 0 aliphatic heterocycles. The molecule has 6 heteroatoms. The van der Waals surface area contributed by atoms with Crippen LogP contribution in [0.15, 0.2) is 0 Å². The maximum absolute atomic E-state index is 8.58. The van der Waals surface area contributed by atoms with Crippen molar-refractivity contribution in [2.75, 3.05) is 72.7 Å². The second-order valence-corrected chi connectivity index (χ2v) is 4.85. The van der Waals surface area contributed by atoms with Gasteiger partial charge in [0.25, 0.3) is 0 Å². The summed E-state index contributed by atoms with van der Waals surface area (Å²) in [5, 5.41) is 8.58. The number of rotatable bonds is 19. The first-order valence-electron chi connectivity index (χ1n) is 8.41. The van der Waals surface area contributed by atoms with Crippen molar-refractivity contribution in [3.63, 3.8) is 0 Å². The van der Waals surface area contributed by atoms with Gasteiger partial charge in [0.15, 0.2) is 0 Å². The van der Waals surface area contributed by atoms with E-state index in [1.165, 1.54) is 0 Å². The highest BCUT2D eigenvalue weighted by molar-refractivity contribution is 4.40. The van der Waals surface area contributed by atoms with Crippen LogP contribution >= 0.6 is 0 Å². The Balaban J connectivity index is 2.91. The molecule has 0 saturated heterocycles. The third-order valence-electron chi connectivity index (χ3n) is 2.74. The molecule has 0 aromatic heterocycles. The Morgan fingerprint density at radius 1 is 0.500 bits per heavy atom. The molecular weight excluding hydrogens is 288 g/mol. The first-order chi connectivity index (χ1) is 10.9. The first-order valence-corrected chi connectivity index (χ1v) is 8.41. The minimum Gasteiger partial charge on any atom is -0.396 e. The summed E-state index contributed by atoms with van der Waals surface area (Å²) >= 11 is 0. The predicted octanol–water partition coefficient (Wildman–Crippen LogP) is 1.64. The molecule has 0 fully saturated rings. The van der Waals surface area contributed by atoms with Gasteiger partial charge in [-0.1, -0.05) is 6.92 Å². The summed E-state index contributed by atoms with van der Waals surface area (Å²) in [7, 11) is 0. The van der Waals surface area contributed by atoms with Gasteiger partial charge >= 0.3 is 0 Å². The van der Waals surface area contributed by atoms with E-state index in [9.17, 15) is 0 Å². The molecule has 0 amide bonds. The summed E-state index contributed by atoms with van der Waals surface area (Å²) in [6.07, 6.45) is 3.73. The Labute approximate surface area is 135 Å². The van der Waals surface area contributed by atoms with Crippen LogP contribution in [0.5, 0.6) is 0 Å². The highest BCUT2D eigenvalue weighted by Crippen LogP contribution is 1.93. The van der Waals surface area contributed by atoms with Gasteiger partial charge in [-0.05, 0) is 25.7 Å². The molecule has 0 unspecified atom stereocenters. The second kappa shape index (κ2) is 20.8. The van der Waals surface area contributed by atoms with Gasteiger partial charge in [0.2, 0.25) is 0 Å². The molecule has 0 aliphatic rings. The van der Waals surface area contributed by atoms with E-state index in [-0.39, 0.29) is 6.61 Å². The third kappa shape index (κ3) is 19.8. The zero-order valence-electron chi connectivity index (χ0n) is 14.1. The van der Waals surface area contributed by atoms with Crippen molar-refractivity contribution in [3.8, 4) is 0 Å².